The van der Waals surface area contributed by atoms with Crippen molar-refractivity contribution in [3.8, 4) is 5.75 Å². The normalized spacial score (nSPS) is 12.8. The molecule has 0 saturated heterocycles. The van der Waals surface area contributed by atoms with E-state index in [9.17, 15) is 4.39 Å². The predicted octanol–water partition coefficient (Wildman–Crippen LogP) is 3.91. The van der Waals surface area contributed by atoms with Gasteiger partial charge in [0.1, 0.15) is 5.82 Å². The minimum Gasteiger partial charge on any atom is -0.494 e. The molecule has 0 amide bonds. The van der Waals surface area contributed by atoms with Crippen molar-refractivity contribution < 1.29 is 13.9 Å². The third-order valence-electron chi connectivity index (χ3n) is 3.39. The van der Waals surface area contributed by atoms with Crippen molar-refractivity contribution in [2.45, 2.75) is 31.7 Å². The fraction of sp³-hybridized carbons (Fsp3) is 0.533. The summed E-state index contributed by atoms with van der Waals surface area (Å²) in [7, 11) is 3.14. The zero-order chi connectivity index (χ0) is 15.4. The van der Waals surface area contributed by atoms with Gasteiger partial charge in [0.05, 0.1) is 23.5 Å². The van der Waals surface area contributed by atoms with Crippen LogP contribution in [0.3, 0.4) is 0 Å². The van der Waals surface area contributed by atoms with Crippen LogP contribution >= 0.6 is 11.6 Å². The highest BCUT2D eigenvalue weighted by Gasteiger charge is 2.17. The molecule has 0 spiro atoms. The molecule has 1 atom stereocenters. The Balaban J connectivity index is 2.40. The van der Waals surface area contributed by atoms with E-state index in [1.165, 1.54) is 13.2 Å². The van der Waals surface area contributed by atoms with Crippen molar-refractivity contribution in [3.63, 3.8) is 0 Å². The molecular weight excluding hydrogens is 295 g/mol. The Kier molecular flexibility index (Phi) is 5.42. The zero-order valence-electron chi connectivity index (χ0n) is 12.5. The Morgan fingerprint density at radius 3 is 2.71 bits per heavy atom. The van der Waals surface area contributed by atoms with Gasteiger partial charge in [0.2, 0.25) is 0 Å². The summed E-state index contributed by atoms with van der Waals surface area (Å²) in [6.07, 6.45) is 1.89. The maximum Gasteiger partial charge on any atom is 0.167 e. The molecule has 1 aromatic carbocycles. The summed E-state index contributed by atoms with van der Waals surface area (Å²) in [6.45, 7) is 3.35. The van der Waals surface area contributed by atoms with E-state index in [-0.39, 0.29) is 11.1 Å². The first kappa shape index (κ1) is 16.0. The number of hydrogen-bond donors (Lipinski definition) is 0. The molecule has 2 rings (SSSR count). The van der Waals surface area contributed by atoms with E-state index in [0.717, 1.165) is 37.3 Å². The summed E-state index contributed by atoms with van der Waals surface area (Å²) >= 11 is 6.20. The molecule has 6 heteroatoms. The number of alkyl halides is 1. The number of aryl methyl sites for hydroxylation is 1. The van der Waals surface area contributed by atoms with Gasteiger partial charge in [-0.1, -0.05) is 0 Å². The van der Waals surface area contributed by atoms with Gasteiger partial charge in [-0.3, -0.25) is 0 Å². The van der Waals surface area contributed by atoms with Crippen LogP contribution in [0.1, 0.15) is 31.0 Å². The molecule has 0 saturated carbocycles. The summed E-state index contributed by atoms with van der Waals surface area (Å²) < 4.78 is 25.9. The van der Waals surface area contributed by atoms with E-state index in [0.29, 0.717) is 5.52 Å². The summed E-state index contributed by atoms with van der Waals surface area (Å²) in [5, 5.41) is -0.242. The Morgan fingerprint density at radius 1 is 1.33 bits per heavy atom. The zero-order valence-corrected chi connectivity index (χ0v) is 13.3. The smallest absolute Gasteiger partial charge is 0.167 e. The van der Waals surface area contributed by atoms with Gasteiger partial charge < -0.3 is 14.0 Å². The molecule has 0 aliphatic carbocycles. The van der Waals surface area contributed by atoms with Crippen LogP contribution in [-0.2, 0) is 11.3 Å². The van der Waals surface area contributed by atoms with Gasteiger partial charge in [0.15, 0.2) is 11.6 Å². The lowest BCUT2D eigenvalue weighted by atomic mass is 10.2. The Morgan fingerprint density at radius 2 is 2.10 bits per heavy atom. The lowest BCUT2D eigenvalue weighted by molar-refractivity contribution is 0.191. The van der Waals surface area contributed by atoms with Gasteiger partial charge in [-0.2, -0.15) is 0 Å². The van der Waals surface area contributed by atoms with E-state index in [1.54, 1.807) is 13.2 Å². The topological polar surface area (TPSA) is 36.3 Å². The van der Waals surface area contributed by atoms with Crippen molar-refractivity contribution in [1.29, 1.82) is 0 Å². The minimum absolute atomic E-state index is 0.217. The van der Waals surface area contributed by atoms with Crippen molar-refractivity contribution >= 4 is 22.6 Å². The van der Waals surface area contributed by atoms with Gasteiger partial charge in [0, 0.05) is 32.4 Å². The molecule has 21 heavy (non-hydrogen) atoms. The van der Waals surface area contributed by atoms with Crippen LogP contribution in [0.2, 0.25) is 0 Å². The van der Waals surface area contributed by atoms with Crippen LogP contribution < -0.4 is 4.74 Å². The molecule has 0 bridgehead atoms. The van der Waals surface area contributed by atoms with Crippen molar-refractivity contribution in [1.82, 2.24) is 9.55 Å². The first-order valence-corrected chi connectivity index (χ1v) is 7.38. The van der Waals surface area contributed by atoms with Crippen LogP contribution in [0.4, 0.5) is 4.39 Å². The van der Waals surface area contributed by atoms with Crippen molar-refractivity contribution in [2.75, 3.05) is 20.8 Å². The summed E-state index contributed by atoms with van der Waals surface area (Å²) in [6, 6.07) is 3.07. The Labute approximate surface area is 128 Å². The number of benzene rings is 1. The molecule has 0 aliphatic rings. The van der Waals surface area contributed by atoms with Crippen LogP contribution in [-0.4, -0.2) is 30.4 Å². The lowest BCUT2D eigenvalue weighted by Crippen LogP contribution is -2.05. The van der Waals surface area contributed by atoms with E-state index >= 15 is 0 Å². The standard InChI is InChI=1S/C15H20ClFN2O2/c1-10(16)15-18-12-8-11(17)14(21-3)9-13(12)19(15)6-4-5-7-20-2/h8-10H,4-7H2,1-3H3. The Bertz CT molecular complexity index is 613. The third kappa shape index (κ3) is 3.47. The molecule has 1 heterocycles. The second-order valence-corrected chi connectivity index (χ2v) is 5.57. The predicted molar refractivity (Wildman–Crippen MR) is 81.6 cm³/mol. The maximum atomic E-state index is 13.8. The molecule has 116 valence electrons. The quantitative estimate of drug-likeness (QED) is 0.574. The average molecular weight is 315 g/mol. The summed E-state index contributed by atoms with van der Waals surface area (Å²) in [5.74, 6) is 0.550. The van der Waals surface area contributed by atoms with Crippen molar-refractivity contribution in [3.05, 3.63) is 23.8 Å². The van der Waals surface area contributed by atoms with Gasteiger partial charge in [-0.25, -0.2) is 9.37 Å². The van der Waals surface area contributed by atoms with E-state index in [1.807, 2.05) is 11.5 Å². The van der Waals surface area contributed by atoms with E-state index in [4.69, 9.17) is 21.1 Å². The molecule has 0 radical (unpaired) electrons. The SMILES string of the molecule is COCCCCn1c(C(C)Cl)nc2cc(F)c(OC)cc21. The molecule has 2 aromatic rings. The van der Waals surface area contributed by atoms with Gasteiger partial charge in [-0.15, -0.1) is 11.6 Å². The number of hydrogen-bond acceptors (Lipinski definition) is 3. The number of imidazole rings is 1. The molecule has 1 unspecified atom stereocenters. The van der Waals surface area contributed by atoms with Crippen LogP contribution in [0.15, 0.2) is 12.1 Å². The minimum atomic E-state index is -0.414. The lowest BCUT2D eigenvalue weighted by Gasteiger charge is -2.11. The molecule has 0 aliphatic heterocycles. The fourth-order valence-corrected chi connectivity index (χ4v) is 2.52. The van der Waals surface area contributed by atoms with Crippen LogP contribution in [0.5, 0.6) is 5.75 Å². The summed E-state index contributed by atoms with van der Waals surface area (Å²) in [4.78, 5) is 4.45. The van der Waals surface area contributed by atoms with E-state index < -0.39 is 5.82 Å². The number of ether oxygens (including phenoxy) is 2. The van der Waals surface area contributed by atoms with Gasteiger partial charge in [-0.05, 0) is 19.8 Å². The van der Waals surface area contributed by atoms with Crippen molar-refractivity contribution in [2.24, 2.45) is 0 Å². The first-order chi connectivity index (χ1) is 10.1. The average Bonchev–Trinajstić information content (AvgIpc) is 2.80. The third-order valence-corrected chi connectivity index (χ3v) is 3.58. The highest BCUT2D eigenvalue weighted by atomic mass is 35.5. The number of nitrogens with zero attached hydrogens (tertiary/aromatic N) is 2. The Hall–Kier alpha value is -1.33. The number of methoxy groups -OCH3 is 2. The van der Waals surface area contributed by atoms with Crippen LogP contribution in [0.25, 0.3) is 11.0 Å². The van der Waals surface area contributed by atoms with E-state index in [2.05, 4.69) is 4.98 Å². The molecule has 0 fully saturated rings. The van der Waals surface area contributed by atoms with Crippen LogP contribution in [0, 0.1) is 5.82 Å². The molecular formula is C15H20ClFN2O2. The number of unbranched alkanes of at least 4 members (excludes halogenated alkanes) is 1. The fourth-order valence-electron chi connectivity index (χ4n) is 2.36. The second kappa shape index (κ2) is 7.09. The molecule has 0 N–H and O–H groups in total. The largest absolute Gasteiger partial charge is 0.494 e. The maximum absolute atomic E-state index is 13.8. The molecule has 4 nitrogen and oxygen atoms in total. The first-order valence-electron chi connectivity index (χ1n) is 6.95. The number of fused-ring (bicyclic) bond motifs is 1. The summed E-state index contributed by atoms with van der Waals surface area (Å²) in [5.41, 5.74) is 1.44. The molecule has 1 aromatic heterocycles. The number of rotatable bonds is 7. The van der Waals surface area contributed by atoms with Gasteiger partial charge in [0.25, 0.3) is 0 Å². The number of halogens is 2. The second-order valence-electron chi connectivity index (χ2n) is 4.91. The monoisotopic (exact) mass is 314 g/mol. The highest BCUT2D eigenvalue weighted by molar-refractivity contribution is 6.20. The van der Waals surface area contributed by atoms with Gasteiger partial charge >= 0.3 is 0 Å². The number of aromatic nitrogens is 2. The highest BCUT2D eigenvalue weighted by Crippen LogP contribution is 2.29.